The zero-order valence-electron chi connectivity index (χ0n) is 10.8. The first-order valence-corrected chi connectivity index (χ1v) is 6.24. The zero-order valence-corrected chi connectivity index (χ0v) is 10.8. The van der Waals surface area contributed by atoms with Crippen molar-refractivity contribution >= 4 is 5.91 Å². The molecule has 1 aromatic rings. The topological polar surface area (TPSA) is 49.8 Å². The summed E-state index contributed by atoms with van der Waals surface area (Å²) in [5.41, 5.74) is 0.621. The van der Waals surface area contributed by atoms with Crippen molar-refractivity contribution in [1.82, 2.24) is 4.90 Å². The number of amides is 1. The van der Waals surface area contributed by atoms with Gasteiger partial charge in [-0.3, -0.25) is 4.79 Å². The first-order chi connectivity index (χ1) is 8.61. The van der Waals surface area contributed by atoms with Gasteiger partial charge in [0.15, 0.2) is 0 Å². The van der Waals surface area contributed by atoms with E-state index in [1.807, 2.05) is 11.8 Å². The molecule has 1 amide bonds. The van der Waals surface area contributed by atoms with E-state index in [0.29, 0.717) is 5.56 Å². The van der Waals surface area contributed by atoms with E-state index >= 15 is 0 Å². The number of piperidine rings is 1. The minimum absolute atomic E-state index is 0.0250. The molecular formula is C14H19NO3. The number of benzene rings is 1. The Morgan fingerprint density at radius 1 is 1.39 bits per heavy atom. The molecule has 2 atom stereocenters. The van der Waals surface area contributed by atoms with E-state index in [0.717, 1.165) is 19.4 Å². The molecule has 0 aliphatic carbocycles. The van der Waals surface area contributed by atoms with Crippen molar-refractivity contribution in [3.8, 4) is 5.75 Å². The first kappa shape index (κ1) is 12.9. The number of methoxy groups -OCH3 is 1. The molecule has 4 nitrogen and oxygen atoms in total. The van der Waals surface area contributed by atoms with E-state index in [1.54, 1.807) is 31.4 Å². The molecule has 4 heteroatoms. The summed E-state index contributed by atoms with van der Waals surface area (Å²) >= 11 is 0. The van der Waals surface area contributed by atoms with Crippen LogP contribution in [0, 0.1) is 0 Å². The number of likely N-dealkylation sites (tertiary alicyclic amines) is 1. The first-order valence-electron chi connectivity index (χ1n) is 6.24. The van der Waals surface area contributed by atoms with Crippen LogP contribution in [0.5, 0.6) is 5.75 Å². The van der Waals surface area contributed by atoms with Crippen LogP contribution in [0.15, 0.2) is 24.3 Å². The number of carbonyl (C=O) groups is 1. The number of aromatic hydroxyl groups is 1. The van der Waals surface area contributed by atoms with Gasteiger partial charge >= 0.3 is 0 Å². The van der Waals surface area contributed by atoms with Gasteiger partial charge in [0.05, 0.1) is 6.10 Å². The molecule has 2 unspecified atom stereocenters. The molecule has 98 valence electrons. The summed E-state index contributed by atoms with van der Waals surface area (Å²) < 4.78 is 5.34. The second-order valence-electron chi connectivity index (χ2n) is 4.78. The number of hydrogen-bond acceptors (Lipinski definition) is 3. The summed E-state index contributed by atoms with van der Waals surface area (Å²) in [4.78, 5) is 14.2. The third-order valence-electron chi connectivity index (χ3n) is 3.54. The van der Waals surface area contributed by atoms with Gasteiger partial charge in [0.2, 0.25) is 0 Å². The Hall–Kier alpha value is -1.55. The Morgan fingerprint density at radius 2 is 2.06 bits per heavy atom. The molecule has 0 bridgehead atoms. The van der Waals surface area contributed by atoms with Crippen molar-refractivity contribution in [3.63, 3.8) is 0 Å². The summed E-state index contributed by atoms with van der Waals surface area (Å²) in [5, 5.41) is 9.23. The number of carbonyl (C=O) groups excluding carboxylic acids is 1. The van der Waals surface area contributed by atoms with Crippen LogP contribution >= 0.6 is 0 Å². The highest BCUT2D eigenvalue weighted by Crippen LogP contribution is 2.22. The van der Waals surface area contributed by atoms with Crippen molar-refractivity contribution in [3.05, 3.63) is 29.8 Å². The molecule has 1 aliphatic rings. The monoisotopic (exact) mass is 249 g/mol. The number of rotatable bonds is 2. The third-order valence-corrected chi connectivity index (χ3v) is 3.54. The molecule has 1 fully saturated rings. The number of nitrogens with zero attached hydrogens (tertiary/aromatic N) is 1. The van der Waals surface area contributed by atoms with Gasteiger partial charge in [0.25, 0.3) is 5.91 Å². The lowest BCUT2D eigenvalue weighted by atomic mass is 9.99. The molecular weight excluding hydrogens is 230 g/mol. The molecule has 0 spiro atoms. The quantitative estimate of drug-likeness (QED) is 0.872. The van der Waals surface area contributed by atoms with E-state index < -0.39 is 0 Å². The van der Waals surface area contributed by atoms with E-state index in [1.165, 1.54) is 0 Å². The normalized spacial score (nSPS) is 24.0. The van der Waals surface area contributed by atoms with Gasteiger partial charge in [-0.25, -0.2) is 0 Å². The number of phenolic OH excluding ortho intramolecular Hbond substituents is 1. The summed E-state index contributed by atoms with van der Waals surface area (Å²) in [5.74, 6) is 0.203. The van der Waals surface area contributed by atoms with Crippen molar-refractivity contribution in [2.24, 2.45) is 0 Å². The number of ether oxygens (including phenoxy) is 1. The maximum atomic E-state index is 12.3. The Labute approximate surface area is 107 Å². The molecule has 18 heavy (non-hydrogen) atoms. The molecule has 0 aromatic heterocycles. The van der Waals surface area contributed by atoms with Crippen LogP contribution in [-0.2, 0) is 4.74 Å². The molecule has 1 aromatic carbocycles. The van der Waals surface area contributed by atoms with Crippen LogP contribution < -0.4 is 0 Å². The second-order valence-corrected chi connectivity index (χ2v) is 4.78. The Morgan fingerprint density at radius 3 is 2.61 bits per heavy atom. The molecule has 1 N–H and O–H groups in total. The van der Waals surface area contributed by atoms with Gasteiger partial charge < -0.3 is 14.7 Å². The second kappa shape index (κ2) is 5.40. The van der Waals surface area contributed by atoms with E-state index in [2.05, 4.69) is 0 Å². The number of hydrogen-bond donors (Lipinski definition) is 1. The van der Waals surface area contributed by atoms with E-state index in [-0.39, 0.29) is 23.8 Å². The van der Waals surface area contributed by atoms with Crippen LogP contribution in [0.2, 0.25) is 0 Å². The Bertz CT molecular complexity index is 416. The highest BCUT2D eigenvalue weighted by atomic mass is 16.5. The average molecular weight is 249 g/mol. The van der Waals surface area contributed by atoms with Gasteiger partial charge in [0, 0.05) is 25.3 Å². The maximum absolute atomic E-state index is 12.3. The summed E-state index contributed by atoms with van der Waals surface area (Å²) in [6, 6.07) is 6.59. The fourth-order valence-electron chi connectivity index (χ4n) is 2.41. The van der Waals surface area contributed by atoms with Crippen molar-refractivity contribution in [2.75, 3.05) is 13.7 Å². The molecule has 1 saturated heterocycles. The Kier molecular flexibility index (Phi) is 3.87. The standard InChI is InChI=1S/C14H19NO3/c1-10-9-13(18-2)7-8-15(10)14(17)11-3-5-12(16)6-4-11/h3-6,10,13,16H,7-9H2,1-2H3. The third kappa shape index (κ3) is 2.64. The molecule has 1 heterocycles. The molecule has 2 rings (SSSR count). The number of phenols is 1. The maximum Gasteiger partial charge on any atom is 0.254 e. The van der Waals surface area contributed by atoms with Gasteiger partial charge in [-0.15, -0.1) is 0 Å². The minimum atomic E-state index is 0.0250. The van der Waals surface area contributed by atoms with Crippen LogP contribution in [-0.4, -0.2) is 41.7 Å². The predicted octanol–water partition coefficient (Wildman–Crippen LogP) is 2.03. The van der Waals surface area contributed by atoms with Crippen LogP contribution in [0.4, 0.5) is 0 Å². The SMILES string of the molecule is COC1CCN(C(=O)c2ccc(O)cc2)C(C)C1. The van der Waals surface area contributed by atoms with Crippen LogP contribution in [0.1, 0.15) is 30.1 Å². The van der Waals surface area contributed by atoms with Crippen molar-refractivity contribution < 1.29 is 14.6 Å². The minimum Gasteiger partial charge on any atom is -0.508 e. The largest absolute Gasteiger partial charge is 0.508 e. The zero-order chi connectivity index (χ0) is 13.1. The highest BCUT2D eigenvalue weighted by molar-refractivity contribution is 5.94. The van der Waals surface area contributed by atoms with Gasteiger partial charge in [0.1, 0.15) is 5.75 Å². The molecule has 0 saturated carbocycles. The van der Waals surface area contributed by atoms with Gasteiger partial charge in [-0.2, -0.15) is 0 Å². The smallest absolute Gasteiger partial charge is 0.254 e. The molecule has 1 aliphatic heterocycles. The highest BCUT2D eigenvalue weighted by Gasteiger charge is 2.29. The lowest BCUT2D eigenvalue weighted by molar-refractivity contribution is 0.0160. The van der Waals surface area contributed by atoms with Crippen LogP contribution in [0.25, 0.3) is 0 Å². The fourth-order valence-corrected chi connectivity index (χ4v) is 2.41. The fraction of sp³-hybridized carbons (Fsp3) is 0.500. The van der Waals surface area contributed by atoms with Crippen molar-refractivity contribution in [2.45, 2.75) is 31.9 Å². The molecule has 0 radical (unpaired) electrons. The van der Waals surface area contributed by atoms with E-state index in [9.17, 15) is 9.90 Å². The average Bonchev–Trinajstić information content (AvgIpc) is 2.38. The summed E-state index contributed by atoms with van der Waals surface area (Å²) in [6.45, 7) is 2.77. The van der Waals surface area contributed by atoms with Crippen LogP contribution in [0.3, 0.4) is 0 Å². The van der Waals surface area contributed by atoms with Gasteiger partial charge in [-0.1, -0.05) is 0 Å². The lowest BCUT2D eigenvalue weighted by Crippen LogP contribution is -2.46. The Balaban J connectivity index is 2.07. The predicted molar refractivity (Wildman–Crippen MR) is 68.6 cm³/mol. The van der Waals surface area contributed by atoms with E-state index in [4.69, 9.17) is 4.74 Å². The summed E-state index contributed by atoms with van der Waals surface area (Å²) in [7, 11) is 1.72. The van der Waals surface area contributed by atoms with Crippen molar-refractivity contribution in [1.29, 1.82) is 0 Å². The lowest BCUT2D eigenvalue weighted by Gasteiger charge is -2.37. The van der Waals surface area contributed by atoms with Gasteiger partial charge in [-0.05, 0) is 44.0 Å². The summed E-state index contributed by atoms with van der Waals surface area (Å²) in [6.07, 6.45) is 2.01.